The molecule has 2 N–H and O–H groups in total. The molecule has 0 atom stereocenters. The molecule has 76 valence electrons. The fraction of sp³-hybridized carbons (Fsp3) is 0.125. The number of hydrogen-bond acceptors (Lipinski definition) is 3. The highest BCUT2D eigenvalue weighted by Crippen LogP contribution is 2.22. The first-order valence-corrected chi connectivity index (χ1v) is 4.41. The number of alkyl halides is 3. The number of halogens is 3. The minimum atomic E-state index is -4.65. The smallest absolute Gasteiger partial charge is 0.395 e. The number of thiophene rings is 1. The third-order valence-corrected chi connectivity index (χ3v) is 2.26. The summed E-state index contributed by atoms with van der Waals surface area (Å²) in [6.45, 7) is 0. The first-order valence-electron chi connectivity index (χ1n) is 3.53. The van der Waals surface area contributed by atoms with Gasteiger partial charge in [-0.05, 0) is 11.4 Å². The Labute approximate surface area is 81.8 Å². The highest BCUT2D eigenvalue weighted by molar-refractivity contribution is 7.12. The van der Waals surface area contributed by atoms with E-state index in [9.17, 15) is 18.0 Å². The second-order valence-electron chi connectivity index (χ2n) is 2.44. The van der Waals surface area contributed by atoms with E-state index in [1.165, 1.54) is 6.07 Å². The van der Waals surface area contributed by atoms with Crippen LogP contribution in [0.15, 0.2) is 29.3 Å². The van der Waals surface area contributed by atoms with Crippen LogP contribution >= 0.6 is 11.3 Å². The lowest BCUT2D eigenvalue weighted by Crippen LogP contribution is -2.20. The van der Waals surface area contributed by atoms with Crippen LogP contribution < -0.4 is 5.73 Å². The van der Waals surface area contributed by atoms with E-state index >= 15 is 0 Å². The standard InChI is InChI=1S/C8H6F3NOS/c9-8(10,11)7(12)4-5(13)6-2-1-3-14-6/h1-4H,12H2. The molecule has 0 aliphatic rings. The molecule has 0 radical (unpaired) electrons. The van der Waals surface area contributed by atoms with Gasteiger partial charge in [0.25, 0.3) is 0 Å². The van der Waals surface area contributed by atoms with Crippen molar-refractivity contribution in [2.75, 3.05) is 0 Å². The van der Waals surface area contributed by atoms with Crippen molar-refractivity contribution in [3.63, 3.8) is 0 Å². The maximum absolute atomic E-state index is 11.9. The molecule has 1 aromatic rings. The van der Waals surface area contributed by atoms with Crippen molar-refractivity contribution in [2.45, 2.75) is 6.18 Å². The van der Waals surface area contributed by atoms with Crippen LogP contribution in [0.25, 0.3) is 0 Å². The molecule has 14 heavy (non-hydrogen) atoms. The molecular formula is C8H6F3NOS. The van der Waals surface area contributed by atoms with Gasteiger partial charge in [-0.1, -0.05) is 6.07 Å². The van der Waals surface area contributed by atoms with Gasteiger partial charge in [-0.25, -0.2) is 0 Å². The molecular weight excluding hydrogens is 215 g/mol. The molecule has 0 bridgehead atoms. The predicted octanol–water partition coefficient (Wildman–Crippen LogP) is 2.34. The maximum atomic E-state index is 11.9. The van der Waals surface area contributed by atoms with E-state index in [2.05, 4.69) is 5.73 Å². The van der Waals surface area contributed by atoms with Crippen LogP contribution in [-0.2, 0) is 0 Å². The summed E-state index contributed by atoms with van der Waals surface area (Å²) in [6.07, 6.45) is -4.25. The van der Waals surface area contributed by atoms with Crippen LogP contribution in [0.5, 0.6) is 0 Å². The Kier molecular flexibility index (Phi) is 2.95. The van der Waals surface area contributed by atoms with Crippen molar-refractivity contribution in [2.24, 2.45) is 5.73 Å². The Bertz CT molecular complexity index is 353. The summed E-state index contributed by atoms with van der Waals surface area (Å²) in [7, 11) is 0. The van der Waals surface area contributed by atoms with Crippen LogP contribution in [0, 0.1) is 0 Å². The SMILES string of the molecule is NC(=CC(=O)c1cccs1)C(F)(F)F. The van der Waals surface area contributed by atoms with Gasteiger partial charge in [0.15, 0.2) is 5.78 Å². The van der Waals surface area contributed by atoms with E-state index in [1.807, 2.05) is 0 Å². The number of ketones is 1. The molecule has 0 amide bonds. The second-order valence-corrected chi connectivity index (χ2v) is 3.39. The quantitative estimate of drug-likeness (QED) is 0.615. The zero-order chi connectivity index (χ0) is 10.8. The summed E-state index contributed by atoms with van der Waals surface area (Å²) < 4.78 is 35.7. The van der Waals surface area contributed by atoms with Crippen LogP contribution in [0.1, 0.15) is 9.67 Å². The van der Waals surface area contributed by atoms with E-state index in [0.717, 1.165) is 11.3 Å². The Hall–Kier alpha value is -1.30. The van der Waals surface area contributed by atoms with Crippen LogP contribution in [0.3, 0.4) is 0 Å². The molecule has 0 fully saturated rings. The van der Waals surface area contributed by atoms with Gasteiger partial charge in [0.05, 0.1) is 4.88 Å². The number of carbonyl (C=O) groups excluding carboxylic acids is 1. The molecule has 0 aromatic carbocycles. The van der Waals surface area contributed by atoms with Crippen molar-refractivity contribution >= 4 is 17.1 Å². The summed E-state index contributed by atoms with van der Waals surface area (Å²) in [6, 6.07) is 3.02. The van der Waals surface area contributed by atoms with Crippen molar-refractivity contribution in [1.82, 2.24) is 0 Å². The average molecular weight is 221 g/mol. The van der Waals surface area contributed by atoms with Gasteiger partial charge in [-0.3, -0.25) is 4.79 Å². The lowest BCUT2D eigenvalue weighted by Gasteiger charge is -2.04. The number of carbonyl (C=O) groups is 1. The number of rotatable bonds is 2. The first kappa shape index (κ1) is 10.8. The molecule has 0 aliphatic heterocycles. The minimum absolute atomic E-state index is 0.234. The van der Waals surface area contributed by atoms with Gasteiger partial charge in [0.2, 0.25) is 0 Å². The summed E-state index contributed by atoms with van der Waals surface area (Å²) in [5.74, 6) is -0.727. The number of nitrogens with two attached hydrogens (primary N) is 1. The van der Waals surface area contributed by atoms with Gasteiger partial charge in [0.1, 0.15) is 5.70 Å². The summed E-state index contributed by atoms with van der Waals surface area (Å²) in [5, 5.41) is 1.60. The molecule has 0 saturated carbocycles. The highest BCUT2D eigenvalue weighted by Gasteiger charge is 2.32. The summed E-state index contributed by atoms with van der Waals surface area (Å²) >= 11 is 1.07. The predicted molar refractivity (Wildman–Crippen MR) is 47.0 cm³/mol. The van der Waals surface area contributed by atoms with Crippen LogP contribution in [0.2, 0.25) is 0 Å². The zero-order valence-electron chi connectivity index (χ0n) is 6.84. The zero-order valence-corrected chi connectivity index (χ0v) is 7.65. The van der Waals surface area contributed by atoms with Crippen molar-refractivity contribution in [3.05, 3.63) is 34.2 Å². The lowest BCUT2D eigenvalue weighted by molar-refractivity contribution is -0.0927. The molecule has 2 nitrogen and oxygen atoms in total. The van der Waals surface area contributed by atoms with E-state index < -0.39 is 17.7 Å². The van der Waals surface area contributed by atoms with Crippen molar-refractivity contribution in [1.29, 1.82) is 0 Å². The largest absolute Gasteiger partial charge is 0.430 e. The molecule has 6 heteroatoms. The third kappa shape index (κ3) is 2.59. The maximum Gasteiger partial charge on any atom is 0.430 e. The van der Waals surface area contributed by atoms with Gasteiger partial charge < -0.3 is 5.73 Å². The number of allylic oxidation sites excluding steroid dienone is 2. The van der Waals surface area contributed by atoms with E-state index in [4.69, 9.17) is 0 Å². The molecule has 0 saturated heterocycles. The van der Waals surface area contributed by atoms with E-state index in [1.54, 1.807) is 11.4 Å². The lowest BCUT2D eigenvalue weighted by atomic mass is 10.2. The molecule has 0 aliphatic carbocycles. The molecule has 1 rings (SSSR count). The van der Waals surface area contributed by atoms with Gasteiger partial charge in [0, 0.05) is 6.08 Å². The van der Waals surface area contributed by atoms with E-state index in [0.29, 0.717) is 6.08 Å². The third-order valence-electron chi connectivity index (χ3n) is 1.38. The topological polar surface area (TPSA) is 43.1 Å². The van der Waals surface area contributed by atoms with Gasteiger partial charge >= 0.3 is 6.18 Å². The molecule has 1 heterocycles. The Balaban J connectivity index is 2.84. The van der Waals surface area contributed by atoms with Crippen LogP contribution in [0.4, 0.5) is 13.2 Å². The Morgan fingerprint density at radius 2 is 2.14 bits per heavy atom. The summed E-state index contributed by atoms with van der Waals surface area (Å²) in [5.41, 5.74) is 3.30. The van der Waals surface area contributed by atoms with E-state index in [-0.39, 0.29) is 4.88 Å². The first-order chi connectivity index (χ1) is 6.41. The van der Waals surface area contributed by atoms with Gasteiger partial charge in [-0.15, -0.1) is 11.3 Å². The Morgan fingerprint density at radius 3 is 2.57 bits per heavy atom. The molecule has 0 unspecified atom stereocenters. The minimum Gasteiger partial charge on any atom is -0.395 e. The number of hydrogen-bond donors (Lipinski definition) is 1. The van der Waals surface area contributed by atoms with Crippen LogP contribution in [-0.4, -0.2) is 12.0 Å². The Morgan fingerprint density at radius 1 is 1.50 bits per heavy atom. The fourth-order valence-electron chi connectivity index (χ4n) is 0.713. The molecule has 0 spiro atoms. The normalized spacial score (nSPS) is 12.9. The fourth-order valence-corrected chi connectivity index (χ4v) is 1.35. The van der Waals surface area contributed by atoms with Crippen molar-refractivity contribution < 1.29 is 18.0 Å². The molecule has 1 aromatic heterocycles. The van der Waals surface area contributed by atoms with Gasteiger partial charge in [-0.2, -0.15) is 13.2 Å². The monoisotopic (exact) mass is 221 g/mol. The second kappa shape index (κ2) is 3.83. The summed E-state index contributed by atoms with van der Waals surface area (Å²) in [4.78, 5) is 11.4. The average Bonchev–Trinajstić information content (AvgIpc) is 2.53. The highest BCUT2D eigenvalue weighted by atomic mass is 32.1. The van der Waals surface area contributed by atoms with Crippen molar-refractivity contribution in [3.8, 4) is 0 Å².